The van der Waals surface area contributed by atoms with Crippen molar-refractivity contribution >= 4 is 23.2 Å². The Kier molecular flexibility index (Phi) is 13.0. The molecule has 0 atom stereocenters. The zero-order valence-corrected chi connectivity index (χ0v) is 20.6. The molecule has 0 aliphatic carbocycles. The minimum atomic E-state index is 0.0952. The molecule has 33 heavy (non-hydrogen) atoms. The number of nitrogens with one attached hydrogen (secondary N) is 2. The lowest BCUT2D eigenvalue weighted by atomic mass is 10.0. The van der Waals surface area contributed by atoms with Gasteiger partial charge in [0.2, 0.25) is 11.8 Å². The van der Waals surface area contributed by atoms with Gasteiger partial charge < -0.3 is 10.6 Å². The van der Waals surface area contributed by atoms with Crippen molar-refractivity contribution in [3.8, 4) is 0 Å². The molecule has 0 aliphatic heterocycles. The number of hydrogen-bond acceptors (Lipinski definition) is 2. The van der Waals surface area contributed by atoms with Gasteiger partial charge >= 0.3 is 0 Å². The van der Waals surface area contributed by atoms with E-state index in [4.69, 9.17) is 0 Å². The van der Waals surface area contributed by atoms with Gasteiger partial charge in [-0.2, -0.15) is 0 Å². The molecule has 2 N–H and O–H groups in total. The molecule has 0 aromatic heterocycles. The Morgan fingerprint density at radius 3 is 1.27 bits per heavy atom. The van der Waals surface area contributed by atoms with Crippen LogP contribution in [0.25, 0.3) is 0 Å². The van der Waals surface area contributed by atoms with Crippen LogP contribution >= 0.6 is 0 Å². The highest BCUT2D eigenvalue weighted by Gasteiger charge is 2.05. The highest BCUT2D eigenvalue weighted by Crippen LogP contribution is 2.17. The molecule has 4 nitrogen and oxygen atoms in total. The fourth-order valence-electron chi connectivity index (χ4n) is 3.87. The van der Waals surface area contributed by atoms with Gasteiger partial charge in [-0.1, -0.05) is 89.5 Å². The third kappa shape index (κ3) is 11.7. The molecule has 0 unspecified atom stereocenters. The summed E-state index contributed by atoms with van der Waals surface area (Å²) in [6.07, 6.45) is 13.5. The van der Waals surface area contributed by atoms with E-state index in [-0.39, 0.29) is 11.8 Å². The SMILES string of the molecule is CCCCCCCC(=O)Nc1ccc(Cc2ccc(NC(=O)CCCCCCC)cc2)cc1. The van der Waals surface area contributed by atoms with Gasteiger partial charge in [0.1, 0.15) is 0 Å². The number of benzene rings is 2. The second-order valence-electron chi connectivity index (χ2n) is 9.00. The Morgan fingerprint density at radius 2 is 0.909 bits per heavy atom. The maximum absolute atomic E-state index is 12.1. The molecule has 2 rings (SSSR count). The predicted molar refractivity (Wildman–Crippen MR) is 140 cm³/mol. The van der Waals surface area contributed by atoms with Crippen LogP contribution in [-0.2, 0) is 16.0 Å². The first-order chi connectivity index (χ1) is 16.1. The van der Waals surface area contributed by atoms with E-state index in [0.717, 1.165) is 43.5 Å². The van der Waals surface area contributed by atoms with Crippen molar-refractivity contribution < 1.29 is 9.59 Å². The topological polar surface area (TPSA) is 58.2 Å². The van der Waals surface area contributed by atoms with Crippen molar-refractivity contribution in [1.29, 1.82) is 0 Å². The van der Waals surface area contributed by atoms with Gasteiger partial charge in [-0.25, -0.2) is 0 Å². The number of carbonyl (C=O) groups is 2. The summed E-state index contributed by atoms with van der Waals surface area (Å²) in [6.45, 7) is 4.39. The Hall–Kier alpha value is -2.62. The third-order valence-electron chi connectivity index (χ3n) is 5.90. The van der Waals surface area contributed by atoms with Crippen LogP contribution in [0.2, 0.25) is 0 Å². The minimum Gasteiger partial charge on any atom is -0.326 e. The van der Waals surface area contributed by atoms with Crippen molar-refractivity contribution in [2.45, 2.75) is 97.3 Å². The van der Waals surface area contributed by atoms with E-state index in [0.29, 0.717) is 12.8 Å². The lowest BCUT2D eigenvalue weighted by Crippen LogP contribution is -2.11. The average molecular weight is 451 g/mol. The quantitative estimate of drug-likeness (QED) is 0.256. The summed E-state index contributed by atoms with van der Waals surface area (Å²) in [6, 6.07) is 16.1. The normalized spacial score (nSPS) is 10.7. The van der Waals surface area contributed by atoms with Crippen molar-refractivity contribution in [2.24, 2.45) is 0 Å². The second-order valence-corrected chi connectivity index (χ2v) is 9.00. The molecule has 0 bridgehead atoms. The molecule has 2 aromatic rings. The van der Waals surface area contributed by atoms with Crippen LogP contribution in [-0.4, -0.2) is 11.8 Å². The minimum absolute atomic E-state index is 0.0952. The van der Waals surface area contributed by atoms with Crippen LogP contribution in [0, 0.1) is 0 Å². The standard InChI is InChI=1S/C29H42N2O2/c1-3-5-7-9-11-13-28(32)30-26-19-15-24(16-20-26)23-25-17-21-27(22-18-25)31-29(33)14-12-10-8-6-4-2/h15-22H,3-14,23H2,1-2H3,(H,30,32)(H,31,33). The van der Waals surface area contributed by atoms with Crippen molar-refractivity contribution in [3.63, 3.8) is 0 Å². The molecule has 0 spiro atoms. The Morgan fingerprint density at radius 1 is 0.545 bits per heavy atom. The molecule has 4 heteroatoms. The van der Waals surface area contributed by atoms with Crippen LogP contribution in [0.3, 0.4) is 0 Å². The van der Waals surface area contributed by atoms with Crippen molar-refractivity contribution in [2.75, 3.05) is 10.6 Å². The van der Waals surface area contributed by atoms with E-state index in [1.165, 1.54) is 49.7 Å². The Bertz CT molecular complexity index is 743. The fraction of sp³-hybridized carbons (Fsp3) is 0.517. The number of carbonyl (C=O) groups excluding carboxylic acids is 2. The lowest BCUT2D eigenvalue weighted by Gasteiger charge is -2.08. The molecule has 0 aliphatic rings. The fourth-order valence-corrected chi connectivity index (χ4v) is 3.87. The number of rotatable bonds is 16. The summed E-state index contributed by atoms with van der Waals surface area (Å²) in [4.78, 5) is 24.2. The average Bonchev–Trinajstić information content (AvgIpc) is 2.81. The number of anilines is 2. The molecule has 180 valence electrons. The van der Waals surface area contributed by atoms with Crippen LogP contribution in [0.15, 0.2) is 48.5 Å². The van der Waals surface area contributed by atoms with Gasteiger partial charge in [0, 0.05) is 24.2 Å². The molecule has 0 fully saturated rings. The molecule has 0 saturated carbocycles. The molecule has 0 radical (unpaired) electrons. The first kappa shape index (κ1) is 26.6. The van der Waals surface area contributed by atoms with E-state index in [2.05, 4.69) is 48.7 Å². The van der Waals surface area contributed by atoms with Gasteiger partial charge in [0.25, 0.3) is 0 Å². The Balaban J connectivity index is 1.71. The molecule has 2 aromatic carbocycles. The molecule has 0 heterocycles. The number of unbranched alkanes of at least 4 members (excludes halogenated alkanes) is 8. The number of amides is 2. The van der Waals surface area contributed by atoms with Crippen LogP contribution < -0.4 is 10.6 Å². The maximum atomic E-state index is 12.1. The summed E-state index contributed by atoms with van der Waals surface area (Å²) in [5.74, 6) is 0.190. The first-order valence-corrected chi connectivity index (χ1v) is 12.9. The third-order valence-corrected chi connectivity index (χ3v) is 5.90. The summed E-state index contributed by atoms with van der Waals surface area (Å²) in [5.41, 5.74) is 4.09. The van der Waals surface area contributed by atoms with Crippen LogP contribution in [0.4, 0.5) is 11.4 Å². The maximum Gasteiger partial charge on any atom is 0.224 e. The summed E-state index contributed by atoms with van der Waals surface area (Å²) in [5, 5.41) is 5.99. The summed E-state index contributed by atoms with van der Waals surface area (Å²) >= 11 is 0. The van der Waals surface area contributed by atoms with Gasteiger partial charge in [-0.15, -0.1) is 0 Å². The van der Waals surface area contributed by atoms with Gasteiger partial charge in [0.05, 0.1) is 0 Å². The highest BCUT2D eigenvalue weighted by atomic mass is 16.2. The lowest BCUT2D eigenvalue weighted by molar-refractivity contribution is -0.117. The monoisotopic (exact) mass is 450 g/mol. The zero-order valence-electron chi connectivity index (χ0n) is 20.6. The molecular formula is C29H42N2O2. The highest BCUT2D eigenvalue weighted by molar-refractivity contribution is 5.91. The van der Waals surface area contributed by atoms with E-state index < -0.39 is 0 Å². The van der Waals surface area contributed by atoms with E-state index in [9.17, 15) is 9.59 Å². The van der Waals surface area contributed by atoms with Gasteiger partial charge in [-0.3, -0.25) is 9.59 Å². The van der Waals surface area contributed by atoms with Crippen LogP contribution in [0.1, 0.15) is 102 Å². The zero-order chi connectivity index (χ0) is 23.7. The summed E-state index contributed by atoms with van der Waals surface area (Å²) < 4.78 is 0. The smallest absolute Gasteiger partial charge is 0.224 e. The summed E-state index contributed by atoms with van der Waals surface area (Å²) in [7, 11) is 0. The van der Waals surface area contributed by atoms with Crippen LogP contribution in [0.5, 0.6) is 0 Å². The molecular weight excluding hydrogens is 408 g/mol. The van der Waals surface area contributed by atoms with E-state index >= 15 is 0 Å². The number of hydrogen-bond donors (Lipinski definition) is 2. The van der Waals surface area contributed by atoms with Crippen molar-refractivity contribution in [1.82, 2.24) is 0 Å². The Labute approximate surface area is 200 Å². The van der Waals surface area contributed by atoms with E-state index in [1.54, 1.807) is 0 Å². The van der Waals surface area contributed by atoms with Gasteiger partial charge in [0.15, 0.2) is 0 Å². The molecule has 0 saturated heterocycles. The van der Waals surface area contributed by atoms with Crippen molar-refractivity contribution in [3.05, 3.63) is 59.7 Å². The van der Waals surface area contributed by atoms with Gasteiger partial charge in [-0.05, 0) is 54.7 Å². The van der Waals surface area contributed by atoms with E-state index in [1.807, 2.05) is 24.3 Å². The second kappa shape index (κ2) is 16.1. The first-order valence-electron chi connectivity index (χ1n) is 12.9. The molecule has 2 amide bonds. The predicted octanol–water partition coefficient (Wildman–Crippen LogP) is 7.88. The largest absolute Gasteiger partial charge is 0.326 e.